The first kappa shape index (κ1) is 15.5. The minimum absolute atomic E-state index is 0.0887. The maximum atomic E-state index is 12.4. The molecule has 0 saturated carbocycles. The SMILES string of the molecule is CCc1nc(S[C@H](C)C(=O)Nc2cccc3ncccc23)n[nH]1. The Hall–Kier alpha value is -2.41. The molecule has 2 heterocycles. The molecule has 0 aliphatic rings. The van der Waals surface area contributed by atoms with Gasteiger partial charge in [0.2, 0.25) is 11.1 Å². The number of carbonyl (C=O) groups is 1. The third kappa shape index (κ3) is 3.50. The molecule has 118 valence electrons. The summed E-state index contributed by atoms with van der Waals surface area (Å²) in [6.07, 6.45) is 2.53. The van der Waals surface area contributed by atoms with Crippen LogP contribution in [0.15, 0.2) is 41.7 Å². The number of H-pyrrole nitrogens is 1. The van der Waals surface area contributed by atoms with E-state index < -0.39 is 0 Å². The normalized spacial score (nSPS) is 12.3. The molecule has 6 nitrogen and oxygen atoms in total. The maximum Gasteiger partial charge on any atom is 0.237 e. The molecule has 0 bridgehead atoms. The van der Waals surface area contributed by atoms with Gasteiger partial charge in [-0.3, -0.25) is 14.9 Å². The van der Waals surface area contributed by atoms with Gasteiger partial charge in [-0.1, -0.05) is 24.8 Å². The predicted octanol–water partition coefficient (Wildman–Crippen LogP) is 3.03. The van der Waals surface area contributed by atoms with Gasteiger partial charge in [0, 0.05) is 18.0 Å². The number of hydrogen-bond acceptors (Lipinski definition) is 5. The van der Waals surface area contributed by atoms with Crippen molar-refractivity contribution in [3.63, 3.8) is 0 Å². The van der Waals surface area contributed by atoms with E-state index >= 15 is 0 Å². The highest BCUT2D eigenvalue weighted by Gasteiger charge is 2.18. The van der Waals surface area contributed by atoms with Gasteiger partial charge in [0.15, 0.2) is 0 Å². The van der Waals surface area contributed by atoms with Crippen LogP contribution >= 0.6 is 11.8 Å². The Morgan fingerprint density at radius 2 is 2.22 bits per heavy atom. The van der Waals surface area contributed by atoms with Crippen LogP contribution in [0.2, 0.25) is 0 Å². The van der Waals surface area contributed by atoms with Crippen LogP contribution in [0.5, 0.6) is 0 Å². The summed E-state index contributed by atoms with van der Waals surface area (Å²) in [5.74, 6) is 0.731. The molecule has 0 aliphatic carbocycles. The quantitative estimate of drug-likeness (QED) is 0.704. The van der Waals surface area contributed by atoms with Gasteiger partial charge < -0.3 is 5.32 Å². The van der Waals surface area contributed by atoms with E-state index in [0.29, 0.717) is 5.16 Å². The van der Waals surface area contributed by atoms with Crippen LogP contribution in [-0.2, 0) is 11.2 Å². The summed E-state index contributed by atoms with van der Waals surface area (Å²) in [6.45, 7) is 3.84. The number of aromatic nitrogens is 4. The van der Waals surface area contributed by atoms with Crippen LogP contribution in [0.3, 0.4) is 0 Å². The largest absolute Gasteiger partial charge is 0.324 e. The molecular weight excluding hydrogens is 310 g/mol. The highest BCUT2D eigenvalue weighted by molar-refractivity contribution is 8.00. The van der Waals surface area contributed by atoms with E-state index in [1.165, 1.54) is 11.8 Å². The summed E-state index contributed by atoms with van der Waals surface area (Å²) in [5, 5.41) is 11.1. The number of pyridine rings is 1. The smallest absolute Gasteiger partial charge is 0.237 e. The van der Waals surface area contributed by atoms with Crippen LogP contribution in [0.1, 0.15) is 19.7 Å². The van der Waals surface area contributed by atoms with Crippen molar-refractivity contribution in [3.8, 4) is 0 Å². The Morgan fingerprint density at radius 1 is 1.35 bits per heavy atom. The third-order valence-corrected chi connectivity index (χ3v) is 4.36. The summed E-state index contributed by atoms with van der Waals surface area (Å²) < 4.78 is 0. The average molecular weight is 327 g/mol. The molecule has 1 aromatic carbocycles. The summed E-state index contributed by atoms with van der Waals surface area (Å²) in [5.41, 5.74) is 1.62. The van der Waals surface area contributed by atoms with E-state index in [1.807, 2.05) is 44.2 Å². The predicted molar refractivity (Wildman–Crippen MR) is 91.5 cm³/mol. The summed E-state index contributed by atoms with van der Waals surface area (Å²) in [7, 11) is 0. The van der Waals surface area contributed by atoms with Crippen molar-refractivity contribution in [2.45, 2.75) is 30.7 Å². The number of nitrogens with zero attached hydrogens (tertiary/aromatic N) is 3. The summed E-state index contributed by atoms with van der Waals surface area (Å²) in [4.78, 5) is 21.0. The van der Waals surface area contributed by atoms with Crippen molar-refractivity contribution in [2.24, 2.45) is 0 Å². The standard InChI is InChI=1S/C16H17N5OS/c1-3-14-19-16(21-20-14)23-10(2)15(22)18-13-8-4-7-12-11(13)6-5-9-17-12/h4-10H,3H2,1-2H3,(H,18,22)(H,19,20,21)/t10-/m1/s1. The number of aryl methyl sites for hydroxylation is 1. The molecule has 1 amide bonds. The molecule has 3 aromatic rings. The van der Waals surface area contributed by atoms with Crippen LogP contribution < -0.4 is 5.32 Å². The number of carbonyl (C=O) groups excluding carboxylic acids is 1. The molecule has 0 fully saturated rings. The second kappa shape index (κ2) is 6.78. The first-order valence-corrected chi connectivity index (χ1v) is 8.28. The van der Waals surface area contributed by atoms with E-state index in [1.54, 1.807) is 6.20 Å². The molecule has 0 saturated heterocycles. The minimum atomic E-state index is -0.303. The highest BCUT2D eigenvalue weighted by Crippen LogP contribution is 2.24. The highest BCUT2D eigenvalue weighted by atomic mass is 32.2. The van der Waals surface area contributed by atoms with Crippen molar-refractivity contribution >= 4 is 34.3 Å². The lowest BCUT2D eigenvalue weighted by atomic mass is 10.2. The second-order valence-corrected chi connectivity index (χ2v) is 6.35. The van der Waals surface area contributed by atoms with E-state index in [4.69, 9.17) is 0 Å². The van der Waals surface area contributed by atoms with Crippen LogP contribution in [-0.4, -0.2) is 31.3 Å². The van der Waals surface area contributed by atoms with Crippen LogP contribution in [0.25, 0.3) is 10.9 Å². The lowest BCUT2D eigenvalue weighted by Crippen LogP contribution is -2.22. The number of nitrogens with one attached hydrogen (secondary N) is 2. The molecule has 0 unspecified atom stereocenters. The third-order valence-electron chi connectivity index (χ3n) is 3.40. The van der Waals surface area contributed by atoms with E-state index in [9.17, 15) is 4.79 Å². The molecule has 7 heteroatoms. The van der Waals surface area contributed by atoms with Gasteiger partial charge in [-0.05, 0) is 31.2 Å². The number of hydrogen-bond donors (Lipinski definition) is 2. The maximum absolute atomic E-state index is 12.4. The van der Waals surface area contributed by atoms with Crippen molar-refractivity contribution < 1.29 is 4.79 Å². The Balaban J connectivity index is 1.72. The molecule has 0 spiro atoms. The Morgan fingerprint density at radius 3 is 3.00 bits per heavy atom. The zero-order valence-electron chi connectivity index (χ0n) is 12.9. The lowest BCUT2D eigenvalue weighted by molar-refractivity contribution is -0.115. The van der Waals surface area contributed by atoms with Gasteiger partial charge in [-0.2, -0.15) is 0 Å². The van der Waals surface area contributed by atoms with Gasteiger partial charge in [0.05, 0.1) is 16.5 Å². The van der Waals surface area contributed by atoms with Gasteiger partial charge >= 0.3 is 0 Å². The van der Waals surface area contributed by atoms with Gasteiger partial charge in [0.25, 0.3) is 0 Å². The van der Waals surface area contributed by atoms with Crippen molar-refractivity contribution in [3.05, 3.63) is 42.4 Å². The Bertz CT molecular complexity index is 827. The number of fused-ring (bicyclic) bond motifs is 1. The first-order valence-electron chi connectivity index (χ1n) is 7.40. The Labute approximate surface area is 138 Å². The minimum Gasteiger partial charge on any atom is -0.324 e. The van der Waals surface area contributed by atoms with Gasteiger partial charge in [-0.25, -0.2) is 4.98 Å². The van der Waals surface area contributed by atoms with Gasteiger partial charge in [0.1, 0.15) is 5.82 Å². The molecule has 0 aliphatic heterocycles. The van der Waals surface area contributed by atoms with Crippen LogP contribution in [0.4, 0.5) is 5.69 Å². The number of amides is 1. The van der Waals surface area contributed by atoms with E-state index in [0.717, 1.165) is 28.8 Å². The van der Waals surface area contributed by atoms with Crippen molar-refractivity contribution in [1.82, 2.24) is 20.2 Å². The molecule has 3 rings (SSSR count). The molecule has 2 N–H and O–H groups in total. The first-order chi connectivity index (χ1) is 11.2. The second-order valence-electron chi connectivity index (χ2n) is 5.04. The number of benzene rings is 1. The number of anilines is 1. The van der Waals surface area contributed by atoms with E-state index in [2.05, 4.69) is 25.5 Å². The summed E-state index contributed by atoms with van der Waals surface area (Å²) in [6, 6.07) is 9.48. The fourth-order valence-corrected chi connectivity index (χ4v) is 2.89. The number of rotatable bonds is 5. The summed E-state index contributed by atoms with van der Waals surface area (Å²) >= 11 is 1.33. The fourth-order valence-electron chi connectivity index (χ4n) is 2.15. The topological polar surface area (TPSA) is 83.6 Å². The molecule has 0 radical (unpaired) electrons. The molecule has 1 atom stereocenters. The molecule has 2 aromatic heterocycles. The van der Waals surface area contributed by atoms with Crippen LogP contribution in [0, 0.1) is 0 Å². The lowest BCUT2D eigenvalue weighted by Gasteiger charge is -2.11. The van der Waals surface area contributed by atoms with Crippen molar-refractivity contribution in [1.29, 1.82) is 0 Å². The number of aromatic amines is 1. The fraction of sp³-hybridized carbons (Fsp3) is 0.250. The molecule has 23 heavy (non-hydrogen) atoms. The van der Waals surface area contributed by atoms with Crippen molar-refractivity contribution in [2.75, 3.05) is 5.32 Å². The zero-order valence-corrected chi connectivity index (χ0v) is 13.7. The monoisotopic (exact) mass is 327 g/mol. The van der Waals surface area contributed by atoms with E-state index in [-0.39, 0.29) is 11.2 Å². The number of thioether (sulfide) groups is 1. The van der Waals surface area contributed by atoms with Gasteiger partial charge in [-0.15, -0.1) is 5.10 Å². The average Bonchev–Trinajstić information content (AvgIpc) is 3.02. The molecular formula is C16H17N5OS. The Kier molecular flexibility index (Phi) is 4.57. The zero-order chi connectivity index (χ0) is 16.2.